The lowest BCUT2D eigenvalue weighted by molar-refractivity contribution is 0.0939. The van der Waals surface area contributed by atoms with Crippen molar-refractivity contribution >= 4 is 45.3 Å². The van der Waals surface area contributed by atoms with E-state index in [1.54, 1.807) is 7.05 Å². The fourth-order valence-electron chi connectivity index (χ4n) is 1.31. The maximum atomic E-state index is 11.9. The molecule has 1 amide bonds. The lowest BCUT2D eigenvalue weighted by Crippen LogP contribution is -2.25. The van der Waals surface area contributed by atoms with Gasteiger partial charge in [-0.15, -0.1) is 21.5 Å². The molecule has 2 aromatic rings. The van der Waals surface area contributed by atoms with Gasteiger partial charge in [0, 0.05) is 11.9 Å². The van der Waals surface area contributed by atoms with Crippen molar-refractivity contribution in [3.05, 3.63) is 26.4 Å². The van der Waals surface area contributed by atoms with Gasteiger partial charge in [0.1, 0.15) is 0 Å². The molecule has 18 heavy (non-hydrogen) atoms. The first-order valence-corrected chi connectivity index (χ1v) is 7.18. The summed E-state index contributed by atoms with van der Waals surface area (Å²) in [6.45, 7) is 1.90. The molecule has 0 saturated heterocycles. The molecular weight excluding hydrogens is 292 g/mol. The molecule has 0 aliphatic carbocycles. The Morgan fingerprint density at radius 1 is 1.39 bits per heavy atom. The number of aromatic nitrogens is 2. The topological polar surface area (TPSA) is 66.9 Å². The minimum absolute atomic E-state index is 0.100. The number of carbonyl (C=O) groups excluding carboxylic acids is 1. The van der Waals surface area contributed by atoms with Crippen molar-refractivity contribution in [2.75, 3.05) is 12.4 Å². The third kappa shape index (κ3) is 2.98. The number of nitrogens with zero attached hydrogens (tertiary/aromatic N) is 2. The minimum atomic E-state index is -0.231. The summed E-state index contributed by atoms with van der Waals surface area (Å²) in [7, 11) is 1.73. The van der Waals surface area contributed by atoms with Crippen molar-refractivity contribution in [1.29, 1.82) is 0 Å². The van der Waals surface area contributed by atoms with E-state index in [0.29, 0.717) is 14.5 Å². The van der Waals surface area contributed by atoms with E-state index in [2.05, 4.69) is 20.8 Å². The molecular formula is C10H11ClN4OS2. The molecule has 1 atom stereocenters. The van der Waals surface area contributed by atoms with E-state index >= 15 is 0 Å². The second kappa shape index (κ2) is 5.64. The van der Waals surface area contributed by atoms with Gasteiger partial charge < -0.3 is 10.6 Å². The molecule has 96 valence electrons. The van der Waals surface area contributed by atoms with Crippen LogP contribution in [0.25, 0.3) is 0 Å². The number of thiophene rings is 1. The second-order valence-corrected chi connectivity index (χ2v) is 6.22. The van der Waals surface area contributed by atoms with Gasteiger partial charge in [0.05, 0.1) is 10.4 Å². The molecule has 0 fully saturated rings. The first-order valence-electron chi connectivity index (χ1n) is 5.17. The summed E-state index contributed by atoms with van der Waals surface area (Å²) in [5, 5.41) is 14.3. The highest BCUT2D eigenvalue weighted by atomic mass is 35.5. The monoisotopic (exact) mass is 302 g/mol. The summed E-state index contributed by atoms with van der Waals surface area (Å²) in [4.78, 5) is 12.9. The van der Waals surface area contributed by atoms with Crippen LogP contribution in [0.4, 0.5) is 5.13 Å². The normalized spacial score (nSPS) is 12.2. The Morgan fingerprint density at radius 3 is 2.72 bits per heavy atom. The zero-order valence-corrected chi connectivity index (χ0v) is 12.1. The highest BCUT2D eigenvalue weighted by molar-refractivity contribution is 7.17. The Morgan fingerprint density at radius 2 is 2.17 bits per heavy atom. The molecule has 2 N–H and O–H groups in total. The van der Waals surface area contributed by atoms with Crippen LogP contribution in [-0.2, 0) is 0 Å². The predicted molar refractivity (Wildman–Crippen MR) is 74.7 cm³/mol. The Bertz CT molecular complexity index is 554. The first-order chi connectivity index (χ1) is 8.60. The van der Waals surface area contributed by atoms with E-state index in [1.165, 1.54) is 22.7 Å². The van der Waals surface area contributed by atoms with Gasteiger partial charge in [-0.1, -0.05) is 22.9 Å². The summed E-state index contributed by atoms with van der Waals surface area (Å²) in [5.74, 6) is -0.231. The molecule has 2 rings (SSSR count). The number of amides is 1. The number of carbonyl (C=O) groups is 1. The Kier molecular flexibility index (Phi) is 4.15. The number of anilines is 1. The number of hydrogen-bond acceptors (Lipinski definition) is 6. The van der Waals surface area contributed by atoms with Crippen LogP contribution in [-0.4, -0.2) is 23.2 Å². The summed E-state index contributed by atoms with van der Waals surface area (Å²) in [6, 6.07) is 3.61. The van der Waals surface area contributed by atoms with Crippen molar-refractivity contribution in [2.45, 2.75) is 13.0 Å². The van der Waals surface area contributed by atoms with Crippen LogP contribution >= 0.6 is 34.3 Å². The second-order valence-electron chi connectivity index (χ2n) is 3.50. The average molecular weight is 303 g/mol. The van der Waals surface area contributed by atoms with Gasteiger partial charge in [-0.25, -0.2) is 0 Å². The van der Waals surface area contributed by atoms with Crippen LogP contribution in [0.1, 0.15) is 27.6 Å². The van der Waals surface area contributed by atoms with E-state index < -0.39 is 0 Å². The maximum absolute atomic E-state index is 11.9. The van der Waals surface area contributed by atoms with Crippen molar-refractivity contribution in [2.24, 2.45) is 0 Å². The Balaban J connectivity index is 2.02. The van der Waals surface area contributed by atoms with E-state index in [9.17, 15) is 4.79 Å². The number of halogens is 1. The molecule has 0 saturated carbocycles. The number of hydrogen-bond donors (Lipinski definition) is 2. The van der Waals surface area contributed by atoms with Crippen LogP contribution < -0.4 is 10.6 Å². The summed E-state index contributed by atoms with van der Waals surface area (Å²) >= 11 is 8.52. The van der Waals surface area contributed by atoms with Gasteiger partial charge in [-0.05, 0) is 19.1 Å². The lowest BCUT2D eigenvalue weighted by atomic mass is 10.3. The van der Waals surface area contributed by atoms with Gasteiger partial charge in [-0.2, -0.15) is 0 Å². The fraction of sp³-hybridized carbons (Fsp3) is 0.300. The maximum Gasteiger partial charge on any atom is 0.282 e. The van der Waals surface area contributed by atoms with E-state index in [-0.39, 0.29) is 11.9 Å². The SMILES string of the molecule is CNc1nnc(C(=O)NC(C)c2ccc(Cl)s2)s1. The number of rotatable bonds is 4. The molecule has 0 bridgehead atoms. The molecule has 2 aromatic heterocycles. The molecule has 0 aliphatic rings. The van der Waals surface area contributed by atoms with Crippen LogP contribution in [0, 0.1) is 0 Å². The highest BCUT2D eigenvalue weighted by Gasteiger charge is 2.16. The van der Waals surface area contributed by atoms with Gasteiger partial charge >= 0.3 is 0 Å². The van der Waals surface area contributed by atoms with E-state index in [4.69, 9.17) is 11.6 Å². The third-order valence-corrected chi connectivity index (χ3v) is 4.55. The van der Waals surface area contributed by atoms with E-state index in [1.807, 2.05) is 19.1 Å². The zero-order chi connectivity index (χ0) is 13.1. The Hall–Kier alpha value is -1.18. The van der Waals surface area contributed by atoms with Crippen molar-refractivity contribution < 1.29 is 4.79 Å². The standard InChI is InChI=1S/C10H11ClN4OS2/c1-5(6-3-4-7(11)17-6)13-8(16)9-14-15-10(12-2)18-9/h3-5H,1-2H3,(H,12,15)(H,13,16). The van der Waals surface area contributed by atoms with Crippen molar-refractivity contribution in [3.8, 4) is 0 Å². The highest BCUT2D eigenvalue weighted by Crippen LogP contribution is 2.27. The lowest BCUT2D eigenvalue weighted by Gasteiger charge is -2.10. The number of nitrogens with one attached hydrogen (secondary N) is 2. The molecule has 0 radical (unpaired) electrons. The molecule has 0 spiro atoms. The molecule has 0 aromatic carbocycles. The molecule has 1 unspecified atom stereocenters. The molecule has 5 nitrogen and oxygen atoms in total. The van der Waals surface area contributed by atoms with E-state index in [0.717, 1.165) is 4.88 Å². The molecule has 0 aliphatic heterocycles. The van der Waals surface area contributed by atoms with Gasteiger partial charge in [0.2, 0.25) is 10.1 Å². The quantitative estimate of drug-likeness (QED) is 0.911. The summed E-state index contributed by atoms with van der Waals surface area (Å²) in [5.41, 5.74) is 0. The summed E-state index contributed by atoms with van der Waals surface area (Å²) in [6.07, 6.45) is 0. The largest absolute Gasteiger partial charge is 0.363 e. The molecule has 8 heteroatoms. The van der Waals surface area contributed by atoms with Gasteiger partial charge in [0.15, 0.2) is 0 Å². The van der Waals surface area contributed by atoms with Crippen LogP contribution in [0.5, 0.6) is 0 Å². The first kappa shape index (κ1) is 13.3. The van der Waals surface area contributed by atoms with Crippen LogP contribution in [0.2, 0.25) is 4.34 Å². The zero-order valence-electron chi connectivity index (χ0n) is 9.73. The average Bonchev–Trinajstić information content (AvgIpc) is 2.97. The minimum Gasteiger partial charge on any atom is -0.363 e. The van der Waals surface area contributed by atoms with Gasteiger partial charge in [0.25, 0.3) is 5.91 Å². The molecule has 2 heterocycles. The predicted octanol–water partition coefficient (Wildman–Crippen LogP) is 2.79. The van der Waals surface area contributed by atoms with Crippen LogP contribution in [0.15, 0.2) is 12.1 Å². The summed E-state index contributed by atoms with van der Waals surface area (Å²) < 4.78 is 0.708. The van der Waals surface area contributed by atoms with Crippen molar-refractivity contribution in [3.63, 3.8) is 0 Å². The van der Waals surface area contributed by atoms with Crippen molar-refractivity contribution in [1.82, 2.24) is 15.5 Å². The van der Waals surface area contributed by atoms with Crippen LogP contribution in [0.3, 0.4) is 0 Å². The Labute approximate surface area is 117 Å². The smallest absolute Gasteiger partial charge is 0.282 e. The fourth-order valence-corrected chi connectivity index (χ4v) is 2.97. The third-order valence-electron chi connectivity index (χ3n) is 2.20. The van der Waals surface area contributed by atoms with Gasteiger partial charge in [-0.3, -0.25) is 4.79 Å².